The molecule has 0 fully saturated rings. The Kier molecular flexibility index (Phi) is 3.07. The maximum atomic E-state index is 4.42. The summed E-state index contributed by atoms with van der Waals surface area (Å²) in [6, 6.07) is 0. The van der Waals surface area contributed by atoms with Crippen LogP contribution in [0.3, 0.4) is 0 Å². The van der Waals surface area contributed by atoms with E-state index in [1.165, 1.54) is 0 Å². The maximum absolute atomic E-state index is 4.42. The molecular weight excluding hydrogens is 160 g/mol. The minimum Gasteiger partial charge on any atom is -0.342 e. The third-order valence-electron chi connectivity index (χ3n) is 1.82. The summed E-state index contributed by atoms with van der Waals surface area (Å²) in [6.07, 6.45) is 5.91. The Labute approximate surface area is 78.7 Å². The van der Waals surface area contributed by atoms with Crippen LogP contribution >= 0.6 is 0 Å². The van der Waals surface area contributed by atoms with Gasteiger partial charge in [-0.1, -0.05) is 32.6 Å². The van der Waals surface area contributed by atoms with Crippen LogP contribution in [0.5, 0.6) is 0 Å². The van der Waals surface area contributed by atoms with Crippen LogP contribution in [0, 0.1) is 0 Å². The fraction of sp³-hybridized carbons (Fsp3) is 0.364. The molecule has 13 heavy (non-hydrogen) atoms. The molecule has 2 heteroatoms. The molecule has 0 radical (unpaired) electrons. The normalized spacial score (nSPS) is 13.4. The summed E-state index contributed by atoms with van der Waals surface area (Å²) in [5.74, 6) is 1.43. The van der Waals surface area contributed by atoms with Gasteiger partial charge in [-0.05, 0) is 13.0 Å². The molecule has 1 aromatic heterocycles. The number of nitrogens with zero attached hydrogens (tertiary/aromatic N) is 1. The fourth-order valence-electron chi connectivity index (χ4n) is 1.04. The van der Waals surface area contributed by atoms with Crippen molar-refractivity contribution in [3.8, 4) is 0 Å². The first-order valence-electron chi connectivity index (χ1n) is 4.53. The predicted octanol–water partition coefficient (Wildman–Crippen LogP) is 1.30. The van der Waals surface area contributed by atoms with Gasteiger partial charge in [0.05, 0.1) is 10.7 Å². The van der Waals surface area contributed by atoms with Crippen molar-refractivity contribution in [3.63, 3.8) is 0 Å². The standard InChI is InChI=1S/C11H16N2/c1-5-6-7-10-9(4)12-11(13-10)8(2)3/h5-8H,4H2,1-3H3,(H,12,13)/b6-5-,10-7+. The number of allylic oxidation sites excluding steroid dienone is 2. The van der Waals surface area contributed by atoms with Crippen LogP contribution in [0.15, 0.2) is 12.2 Å². The summed E-state index contributed by atoms with van der Waals surface area (Å²) in [6.45, 7) is 10.1. The van der Waals surface area contributed by atoms with Crippen molar-refractivity contribution in [1.82, 2.24) is 9.97 Å². The smallest absolute Gasteiger partial charge is 0.109 e. The molecule has 1 rings (SSSR count). The Morgan fingerprint density at radius 2 is 2.15 bits per heavy atom. The second-order valence-electron chi connectivity index (χ2n) is 3.33. The molecule has 1 N–H and O–H groups in total. The lowest BCUT2D eigenvalue weighted by Crippen LogP contribution is -2.21. The lowest BCUT2D eigenvalue weighted by molar-refractivity contribution is 0.791. The molecule has 2 nitrogen and oxygen atoms in total. The van der Waals surface area contributed by atoms with Crippen LogP contribution < -0.4 is 10.7 Å². The van der Waals surface area contributed by atoms with Gasteiger partial charge in [0.15, 0.2) is 0 Å². The summed E-state index contributed by atoms with van der Waals surface area (Å²) >= 11 is 0. The first-order valence-corrected chi connectivity index (χ1v) is 4.53. The van der Waals surface area contributed by atoms with Crippen molar-refractivity contribution in [2.24, 2.45) is 0 Å². The number of H-pyrrole nitrogens is 1. The molecule has 0 aliphatic rings. The molecule has 0 unspecified atom stereocenters. The van der Waals surface area contributed by atoms with E-state index in [-0.39, 0.29) is 0 Å². The number of hydrogen-bond donors (Lipinski definition) is 1. The lowest BCUT2D eigenvalue weighted by Gasteiger charge is -1.95. The Balaban J connectivity index is 3.18. The quantitative estimate of drug-likeness (QED) is 0.723. The first-order chi connectivity index (χ1) is 6.15. The van der Waals surface area contributed by atoms with E-state index in [0.717, 1.165) is 16.5 Å². The molecule has 0 aromatic carbocycles. The second kappa shape index (κ2) is 4.08. The first kappa shape index (κ1) is 9.78. The van der Waals surface area contributed by atoms with Crippen LogP contribution in [0.25, 0.3) is 12.7 Å². The van der Waals surface area contributed by atoms with Gasteiger partial charge in [0.25, 0.3) is 0 Å². The Morgan fingerprint density at radius 1 is 1.46 bits per heavy atom. The van der Waals surface area contributed by atoms with Gasteiger partial charge >= 0.3 is 0 Å². The largest absolute Gasteiger partial charge is 0.342 e. The van der Waals surface area contributed by atoms with E-state index in [1.807, 2.05) is 25.2 Å². The molecule has 70 valence electrons. The number of rotatable bonds is 2. The average molecular weight is 176 g/mol. The van der Waals surface area contributed by atoms with Gasteiger partial charge in [-0.3, -0.25) is 0 Å². The van der Waals surface area contributed by atoms with Gasteiger partial charge in [-0.15, -0.1) is 0 Å². The highest BCUT2D eigenvalue weighted by Crippen LogP contribution is 2.02. The van der Waals surface area contributed by atoms with Crippen molar-refractivity contribution < 1.29 is 0 Å². The number of imidazole rings is 1. The van der Waals surface area contributed by atoms with Gasteiger partial charge in [-0.25, -0.2) is 4.98 Å². The molecule has 0 spiro atoms. The molecule has 0 atom stereocenters. The van der Waals surface area contributed by atoms with E-state index in [9.17, 15) is 0 Å². The summed E-state index contributed by atoms with van der Waals surface area (Å²) in [5.41, 5.74) is 0. The molecule has 0 saturated heterocycles. The number of aromatic nitrogens is 2. The van der Waals surface area contributed by atoms with Crippen LogP contribution in [0.1, 0.15) is 32.5 Å². The summed E-state index contributed by atoms with van der Waals surface area (Å²) in [7, 11) is 0. The molecule has 1 aromatic rings. The lowest BCUT2D eigenvalue weighted by atomic mass is 10.2. The Hall–Kier alpha value is -1.31. The van der Waals surface area contributed by atoms with E-state index in [2.05, 4.69) is 30.4 Å². The van der Waals surface area contributed by atoms with E-state index in [0.29, 0.717) is 5.92 Å². The van der Waals surface area contributed by atoms with E-state index >= 15 is 0 Å². The topological polar surface area (TPSA) is 28.7 Å². The predicted molar refractivity (Wildman–Crippen MR) is 56.7 cm³/mol. The van der Waals surface area contributed by atoms with E-state index < -0.39 is 0 Å². The van der Waals surface area contributed by atoms with E-state index in [1.54, 1.807) is 0 Å². The molecule has 0 amide bonds. The highest BCUT2D eigenvalue weighted by Gasteiger charge is 2.01. The van der Waals surface area contributed by atoms with E-state index in [4.69, 9.17) is 0 Å². The van der Waals surface area contributed by atoms with Crippen molar-refractivity contribution in [1.29, 1.82) is 0 Å². The van der Waals surface area contributed by atoms with Gasteiger partial charge < -0.3 is 4.98 Å². The summed E-state index contributed by atoms with van der Waals surface area (Å²) in [5, 5.41) is 1.82. The minimum atomic E-state index is 0.424. The molecule has 1 heterocycles. The van der Waals surface area contributed by atoms with Gasteiger partial charge in [-0.2, -0.15) is 0 Å². The molecule has 0 aliphatic heterocycles. The van der Waals surface area contributed by atoms with Crippen molar-refractivity contribution in [2.45, 2.75) is 26.7 Å². The van der Waals surface area contributed by atoms with Gasteiger partial charge in [0.1, 0.15) is 5.82 Å². The van der Waals surface area contributed by atoms with Crippen molar-refractivity contribution in [3.05, 3.63) is 28.7 Å². The highest BCUT2D eigenvalue weighted by molar-refractivity contribution is 5.34. The molecular formula is C11H16N2. The summed E-state index contributed by atoms with van der Waals surface area (Å²) < 4.78 is 0. The van der Waals surface area contributed by atoms with Crippen LogP contribution in [0.4, 0.5) is 0 Å². The molecule has 0 bridgehead atoms. The average Bonchev–Trinajstić information content (AvgIpc) is 2.44. The Morgan fingerprint density at radius 3 is 2.62 bits per heavy atom. The van der Waals surface area contributed by atoms with Crippen LogP contribution in [0.2, 0.25) is 0 Å². The minimum absolute atomic E-state index is 0.424. The van der Waals surface area contributed by atoms with Crippen molar-refractivity contribution in [2.75, 3.05) is 0 Å². The van der Waals surface area contributed by atoms with Gasteiger partial charge in [0, 0.05) is 5.92 Å². The van der Waals surface area contributed by atoms with Crippen LogP contribution in [-0.2, 0) is 0 Å². The monoisotopic (exact) mass is 176 g/mol. The number of nitrogens with one attached hydrogen (secondary N) is 1. The summed E-state index contributed by atoms with van der Waals surface area (Å²) in [4.78, 5) is 7.59. The highest BCUT2D eigenvalue weighted by atomic mass is 14.9. The zero-order valence-corrected chi connectivity index (χ0v) is 8.46. The van der Waals surface area contributed by atoms with Crippen LogP contribution in [-0.4, -0.2) is 9.97 Å². The zero-order valence-electron chi connectivity index (χ0n) is 8.46. The number of aromatic amines is 1. The maximum Gasteiger partial charge on any atom is 0.109 e. The Bertz CT molecular complexity index is 396. The molecule has 0 saturated carbocycles. The number of hydrogen-bond acceptors (Lipinski definition) is 1. The zero-order chi connectivity index (χ0) is 9.84. The molecule has 0 aliphatic carbocycles. The SMILES string of the molecule is C=c1[nH]c(C(C)C)n/c1=C/C=C\C. The van der Waals surface area contributed by atoms with Gasteiger partial charge in [0.2, 0.25) is 0 Å². The van der Waals surface area contributed by atoms with Crippen molar-refractivity contribution >= 4 is 12.7 Å². The second-order valence-corrected chi connectivity index (χ2v) is 3.33. The third-order valence-corrected chi connectivity index (χ3v) is 1.82. The third kappa shape index (κ3) is 2.31. The fourth-order valence-corrected chi connectivity index (χ4v) is 1.04.